The van der Waals surface area contributed by atoms with E-state index in [1.807, 2.05) is 30.3 Å². The van der Waals surface area contributed by atoms with Crippen LogP contribution in [-0.2, 0) is 19.0 Å². The van der Waals surface area contributed by atoms with Gasteiger partial charge in [0.05, 0.1) is 6.61 Å². The van der Waals surface area contributed by atoms with Crippen molar-refractivity contribution >= 4 is 5.91 Å². The summed E-state index contributed by atoms with van der Waals surface area (Å²) in [6.45, 7) is 1.49. The van der Waals surface area contributed by atoms with Crippen molar-refractivity contribution < 1.29 is 29.2 Å². The van der Waals surface area contributed by atoms with Gasteiger partial charge in [0.2, 0.25) is 5.91 Å². The minimum absolute atomic E-state index is 0.186. The van der Waals surface area contributed by atoms with Crippen LogP contribution in [0.2, 0.25) is 0 Å². The van der Waals surface area contributed by atoms with E-state index in [4.69, 9.17) is 14.2 Å². The molecular weight excluding hydrogens is 290 g/mol. The second kappa shape index (κ2) is 6.31. The monoisotopic (exact) mass is 309 g/mol. The third-order valence-electron chi connectivity index (χ3n) is 3.83. The number of nitrogens with one attached hydrogen (secondary N) is 1. The Morgan fingerprint density at radius 3 is 2.64 bits per heavy atom. The maximum Gasteiger partial charge on any atom is 0.217 e. The molecule has 2 heterocycles. The van der Waals surface area contributed by atoms with E-state index in [1.54, 1.807) is 0 Å². The number of rotatable bonds is 2. The Balaban J connectivity index is 1.75. The summed E-state index contributed by atoms with van der Waals surface area (Å²) in [4.78, 5) is 11.2. The molecule has 1 aromatic rings. The molecule has 0 bridgehead atoms. The molecule has 3 N–H and O–H groups in total. The first kappa shape index (κ1) is 15.4. The van der Waals surface area contributed by atoms with Crippen LogP contribution in [-0.4, -0.2) is 53.4 Å². The van der Waals surface area contributed by atoms with E-state index in [9.17, 15) is 15.0 Å². The van der Waals surface area contributed by atoms with E-state index in [0.717, 1.165) is 5.56 Å². The number of carbonyl (C=O) groups excluding carboxylic acids is 1. The van der Waals surface area contributed by atoms with Crippen molar-refractivity contribution in [3.05, 3.63) is 35.9 Å². The molecule has 0 unspecified atom stereocenters. The molecule has 1 amide bonds. The number of ether oxygens (including phenoxy) is 3. The SMILES string of the molecule is CC(=O)N[C@@H]1[C@@H](O)[C@@H]2O[C@@H](c3ccccc3)OC[C@H]2O[C@@H]1O. The van der Waals surface area contributed by atoms with Crippen LogP contribution in [0.25, 0.3) is 0 Å². The van der Waals surface area contributed by atoms with Crippen LogP contribution >= 0.6 is 0 Å². The molecule has 2 saturated heterocycles. The Morgan fingerprint density at radius 2 is 1.95 bits per heavy atom. The number of fused-ring (bicyclic) bond motifs is 1. The van der Waals surface area contributed by atoms with E-state index in [2.05, 4.69) is 5.32 Å². The lowest BCUT2D eigenvalue weighted by molar-refractivity contribution is -0.337. The lowest BCUT2D eigenvalue weighted by Crippen LogP contribution is -2.66. The summed E-state index contributed by atoms with van der Waals surface area (Å²) >= 11 is 0. The van der Waals surface area contributed by atoms with Crippen LogP contribution in [0, 0.1) is 0 Å². The van der Waals surface area contributed by atoms with Crippen LogP contribution in [0.5, 0.6) is 0 Å². The highest BCUT2D eigenvalue weighted by Gasteiger charge is 2.49. The molecular formula is C15H19NO6. The smallest absolute Gasteiger partial charge is 0.217 e. The van der Waals surface area contributed by atoms with Crippen molar-refractivity contribution in [3.8, 4) is 0 Å². The summed E-state index contributed by atoms with van der Waals surface area (Å²) in [6, 6.07) is 8.41. The molecule has 1 aromatic carbocycles. The van der Waals surface area contributed by atoms with Crippen LogP contribution in [0.4, 0.5) is 0 Å². The highest BCUT2D eigenvalue weighted by molar-refractivity contribution is 5.73. The number of benzene rings is 1. The van der Waals surface area contributed by atoms with Crippen LogP contribution in [0.1, 0.15) is 18.8 Å². The molecule has 22 heavy (non-hydrogen) atoms. The molecule has 3 rings (SSSR count). The Morgan fingerprint density at radius 1 is 1.23 bits per heavy atom. The summed E-state index contributed by atoms with van der Waals surface area (Å²) in [7, 11) is 0. The fourth-order valence-corrected chi connectivity index (χ4v) is 2.78. The first-order chi connectivity index (χ1) is 10.6. The second-order valence-electron chi connectivity index (χ2n) is 5.46. The predicted molar refractivity (Wildman–Crippen MR) is 74.5 cm³/mol. The van der Waals surface area contributed by atoms with E-state index >= 15 is 0 Å². The number of amides is 1. The fraction of sp³-hybridized carbons (Fsp3) is 0.533. The number of aliphatic hydroxyl groups excluding tert-OH is 2. The maximum atomic E-state index is 11.2. The molecule has 7 heteroatoms. The van der Waals surface area contributed by atoms with Crippen LogP contribution in [0.15, 0.2) is 30.3 Å². The average molecular weight is 309 g/mol. The highest BCUT2D eigenvalue weighted by Crippen LogP contribution is 2.33. The first-order valence-electron chi connectivity index (χ1n) is 7.17. The van der Waals surface area contributed by atoms with Gasteiger partial charge in [-0.05, 0) is 0 Å². The van der Waals surface area contributed by atoms with Gasteiger partial charge in [-0.25, -0.2) is 0 Å². The van der Waals surface area contributed by atoms with E-state index in [1.165, 1.54) is 6.92 Å². The number of carbonyl (C=O) groups is 1. The molecule has 120 valence electrons. The van der Waals surface area contributed by atoms with Gasteiger partial charge in [0, 0.05) is 12.5 Å². The van der Waals surface area contributed by atoms with Gasteiger partial charge < -0.3 is 29.7 Å². The van der Waals surface area contributed by atoms with Gasteiger partial charge in [-0.1, -0.05) is 30.3 Å². The zero-order chi connectivity index (χ0) is 15.7. The van der Waals surface area contributed by atoms with Gasteiger partial charge in [-0.2, -0.15) is 0 Å². The molecule has 7 nitrogen and oxygen atoms in total. The summed E-state index contributed by atoms with van der Waals surface area (Å²) in [5, 5.41) is 22.8. The Bertz CT molecular complexity index is 524. The number of aliphatic hydroxyl groups is 2. The van der Waals surface area contributed by atoms with E-state index < -0.39 is 36.9 Å². The number of hydrogen-bond donors (Lipinski definition) is 3. The molecule has 2 fully saturated rings. The van der Waals surface area contributed by atoms with Crippen molar-refractivity contribution in [2.24, 2.45) is 0 Å². The lowest BCUT2D eigenvalue weighted by atomic mass is 9.96. The third-order valence-corrected chi connectivity index (χ3v) is 3.83. The summed E-state index contributed by atoms with van der Waals surface area (Å²) < 4.78 is 16.8. The minimum atomic E-state index is -1.30. The first-order valence-corrected chi connectivity index (χ1v) is 7.17. The Labute approximate surface area is 127 Å². The van der Waals surface area contributed by atoms with Crippen LogP contribution in [0.3, 0.4) is 0 Å². The summed E-state index contributed by atoms with van der Waals surface area (Å²) in [6.07, 6.45) is -4.29. The molecule has 0 spiro atoms. The second-order valence-corrected chi connectivity index (χ2v) is 5.46. The largest absolute Gasteiger partial charge is 0.388 e. The maximum absolute atomic E-state index is 11.2. The van der Waals surface area contributed by atoms with Crippen molar-refractivity contribution in [1.29, 1.82) is 0 Å². The number of hydrogen-bond acceptors (Lipinski definition) is 6. The van der Waals surface area contributed by atoms with Crippen molar-refractivity contribution in [3.63, 3.8) is 0 Å². The molecule has 6 atom stereocenters. The molecule has 2 aliphatic rings. The standard InChI is InChI=1S/C15H19NO6/c1-8(17)16-11-12(18)13-10(21-14(11)19)7-20-15(22-13)9-5-3-2-4-6-9/h2-6,10-15,18-19H,7H2,1H3,(H,16,17)/t10-,11-,12-,13-,14+,15+/m1/s1. The zero-order valence-corrected chi connectivity index (χ0v) is 12.1. The quantitative estimate of drug-likeness (QED) is 0.693. The van der Waals surface area contributed by atoms with Gasteiger partial charge in [-0.3, -0.25) is 4.79 Å². The molecule has 0 radical (unpaired) electrons. The molecule has 0 aromatic heterocycles. The van der Waals surface area contributed by atoms with Gasteiger partial charge in [0.25, 0.3) is 0 Å². The zero-order valence-electron chi connectivity index (χ0n) is 12.1. The van der Waals surface area contributed by atoms with Gasteiger partial charge >= 0.3 is 0 Å². The Hall–Kier alpha value is -1.51. The lowest BCUT2D eigenvalue weighted by Gasteiger charge is -2.46. The summed E-state index contributed by atoms with van der Waals surface area (Å²) in [5.74, 6) is -0.364. The van der Waals surface area contributed by atoms with Crippen molar-refractivity contribution in [2.75, 3.05) is 6.61 Å². The molecule has 2 aliphatic heterocycles. The van der Waals surface area contributed by atoms with E-state index in [0.29, 0.717) is 0 Å². The highest BCUT2D eigenvalue weighted by atomic mass is 16.7. The fourth-order valence-electron chi connectivity index (χ4n) is 2.78. The van der Waals surface area contributed by atoms with Crippen molar-refractivity contribution in [2.45, 2.75) is 43.9 Å². The van der Waals surface area contributed by atoms with Gasteiger partial charge in [-0.15, -0.1) is 0 Å². The predicted octanol–water partition coefficient (Wildman–Crippen LogP) is -0.317. The van der Waals surface area contributed by atoms with Crippen molar-refractivity contribution in [1.82, 2.24) is 5.32 Å². The van der Waals surface area contributed by atoms with Gasteiger partial charge in [0.15, 0.2) is 12.6 Å². The molecule has 0 saturated carbocycles. The average Bonchev–Trinajstić information content (AvgIpc) is 2.52. The minimum Gasteiger partial charge on any atom is -0.388 e. The van der Waals surface area contributed by atoms with E-state index in [-0.39, 0.29) is 12.5 Å². The Kier molecular flexibility index (Phi) is 4.42. The normalized spacial score (nSPS) is 38.1. The van der Waals surface area contributed by atoms with Gasteiger partial charge in [0.1, 0.15) is 24.4 Å². The van der Waals surface area contributed by atoms with Crippen LogP contribution < -0.4 is 5.32 Å². The topological polar surface area (TPSA) is 97.3 Å². The third kappa shape index (κ3) is 2.99. The summed E-state index contributed by atoms with van der Waals surface area (Å²) in [5.41, 5.74) is 0.829. The molecule has 0 aliphatic carbocycles.